The van der Waals surface area contributed by atoms with Crippen molar-refractivity contribution in [1.82, 2.24) is 14.6 Å². The number of benzene rings is 2. The van der Waals surface area contributed by atoms with Crippen molar-refractivity contribution in [1.29, 1.82) is 0 Å². The van der Waals surface area contributed by atoms with Crippen molar-refractivity contribution in [3.05, 3.63) is 77.3 Å². The zero-order chi connectivity index (χ0) is 15.6. The van der Waals surface area contributed by atoms with Gasteiger partial charge in [-0.05, 0) is 23.8 Å². The number of aromatic amines is 2. The third-order valence-electron chi connectivity index (χ3n) is 3.73. The van der Waals surface area contributed by atoms with Gasteiger partial charge in [0.2, 0.25) is 0 Å². The van der Waals surface area contributed by atoms with Crippen LogP contribution in [-0.2, 0) is 0 Å². The minimum absolute atomic E-state index is 0.569. The summed E-state index contributed by atoms with van der Waals surface area (Å²) in [5.74, 6) is 0. The lowest BCUT2D eigenvalue weighted by molar-refractivity contribution is 0.864. The van der Waals surface area contributed by atoms with Crippen molar-refractivity contribution in [3.8, 4) is 11.3 Å². The highest BCUT2D eigenvalue weighted by Gasteiger charge is 2.03. The van der Waals surface area contributed by atoms with Crippen molar-refractivity contribution in [2.45, 2.75) is 0 Å². The SMILES string of the molecule is S=c1[nH]c(-c2ccccc2)cn1/N=C/c1c[nH]c2ccccc12. The van der Waals surface area contributed by atoms with Crippen LogP contribution in [0.2, 0.25) is 0 Å². The lowest BCUT2D eigenvalue weighted by Gasteiger charge is -1.94. The van der Waals surface area contributed by atoms with E-state index in [-0.39, 0.29) is 0 Å². The van der Waals surface area contributed by atoms with Gasteiger partial charge in [-0.25, -0.2) is 4.68 Å². The van der Waals surface area contributed by atoms with Crippen LogP contribution in [0, 0.1) is 4.77 Å². The van der Waals surface area contributed by atoms with E-state index in [1.807, 2.05) is 67.1 Å². The van der Waals surface area contributed by atoms with Gasteiger partial charge in [-0.1, -0.05) is 48.5 Å². The van der Waals surface area contributed by atoms with Gasteiger partial charge in [0.15, 0.2) is 4.77 Å². The molecule has 0 spiro atoms. The molecule has 2 N–H and O–H groups in total. The molecular weight excluding hydrogens is 304 g/mol. The highest BCUT2D eigenvalue weighted by atomic mass is 32.1. The molecule has 0 aliphatic rings. The molecule has 5 heteroatoms. The molecule has 0 radical (unpaired) electrons. The van der Waals surface area contributed by atoms with Crippen LogP contribution in [0.15, 0.2) is 72.1 Å². The molecule has 2 aromatic heterocycles. The lowest BCUT2D eigenvalue weighted by Crippen LogP contribution is -1.88. The van der Waals surface area contributed by atoms with Crippen LogP contribution in [-0.4, -0.2) is 20.9 Å². The molecule has 2 heterocycles. The first-order valence-corrected chi connectivity index (χ1v) is 7.70. The summed E-state index contributed by atoms with van der Waals surface area (Å²) in [5, 5.41) is 5.62. The van der Waals surface area contributed by atoms with E-state index in [1.54, 1.807) is 4.68 Å². The van der Waals surface area contributed by atoms with E-state index < -0.39 is 0 Å². The Bertz CT molecular complexity index is 1040. The summed E-state index contributed by atoms with van der Waals surface area (Å²) in [6.45, 7) is 0. The maximum atomic E-state index is 5.35. The molecule has 0 unspecified atom stereocenters. The second kappa shape index (κ2) is 5.70. The molecule has 23 heavy (non-hydrogen) atoms. The van der Waals surface area contributed by atoms with Crippen LogP contribution >= 0.6 is 12.2 Å². The van der Waals surface area contributed by atoms with E-state index in [0.717, 1.165) is 27.7 Å². The maximum Gasteiger partial charge on any atom is 0.198 e. The monoisotopic (exact) mass is 318 g/mol. The van der Waals surface area contributed by atoms with Gasteiger partial charge in [-0.15, -0.1) is 0 Å². The third kappa shape index (κ3) is 2.62. The molecule has 4 aromatic rings. The molecule has 0 aliphatic carbocycles. The maximum absolute atomic E-state index is 5.35. The minimum Gasteiger partial charge on any atom is -0.361 e. The van der Waals surface area contributed by atoms with Gasteiger partial charge < -0.3 is 9.97 Å². The second-order valence-electron chi connectivity index (χ2n) is 5.22. The Morgan fingerprint density at radius 3 is 2.65 bits per heavy atom. The van der Waals surface area contributed by atoms with Crippen LogP contribution < -0.4 is 0 Å². The summed E-state index contributed by atoms with van der Waals surface area (Å²) in [4.78, 5) is 6.42. The largest absolute Gasteiger partial charge is 0.361 e. The number of hydrogen-bond acceptors (Lipinski definition) is 2. The van der Waals surface area contributed by atoms with Crippen molar-refractivity contribution in [3.63, 3.8) is 0 Å². The van der Waals surface area contributed by atoms with Crippen molar-refractivity contribution in [2.24, 2.45) is 5.10 Å². The molecule has 0 atom stereocenters. The quantitative estimate of drug-likeness (QED) is 0.422. The molecule has 4 rings (SSSR count). The van der Waals surface area contributed by atoms with Gasteiger partial charge in [0, 0.05) is 22.7 Å². The molecule has 0 bridgehead atoms. The highest BCUT2D eigenvalue weighted by Crippen LogP contribution is 2.18. The lowest BCUT2D eigenvalue weighted by atomic mass is 10.2. The zero-order valence-corrected chi connectivity index (χ0v) is 13.0. The van der Waals surface area contributed by atoms with Crippen LogP contribution in [0.1, 0.15) is 5.56 Å². The summed E-state index contributed by atoms with van der Waals surface area (Å²) in [5.41, 5.74) is 4.16. The zero-order valence-electron chi connectivity index (χ0n) is 12.2. The first kappa shape index (κ1) is 13.7. The average molecular weight is 318 g/mol. The number of nitrogens with zero attached hydrogens (tertiary/aromatic N) is 2. The Labute approximate surface area is 138 Å². The summed E-state index contributed by atoms with van der Waals surface area (Å²) >= 11 is 5.35. The van der Waals surface area contributed by atoms with Gasteiger partial charge in [0.05, 0.1) is 18.1 Å². The summed E-state index contributed by atoms with van der Waals surface area (Å²) < 4.78 is 2.25. The number of rotatable bonds is 3. The fraction of sp³-hybridized carbons (Fsp3) is 0. The van der Waals surface area contributed by atoms with E-state index in [4.69, 9.17) is 12.2 Å². The molecule has 0 amide bonds. The molecule has 112 valence electrons. The molecule has 0 saturated heterocycles. The van der Waals surface area contributed by atoms with Gasteiger partial charge in [0.1, 0.15) is 0 Å². The number of aromatic nitrogens is 3. The predicted molar refractivity (Wildman–Crippen MR) is 96.3 cm³/mol. The van der Waals surface area contributed by atoms with Crippen molar-refractivity contribution >= 4 is 29.3 Å². The Hall–Kier alpha value is -2.92. The van der Waals surface area contributed by atoms with E-state index in [0.29, 0.717) is 4.77 Å². The van der Waals surface area contributed by atoms with Crippen LogP contribution in [0.5, 0.6) is 0 Å². The van der Waals surface area contributed by atoms with E-state index in [2.05, 4.69) is 21.1 Å². The standard InChI is InChI=1S/C18H14N4S/c23-18-21-17(13-6-2-1-3-7-13)12-22(18)20-11-14-10-19-16-9-5-4-8-15(14)16/h1-12,19H,(H,21,23)/b20-11+. The number of fused-ring (bicyclic) bond motifs is 1. The smallest absolute Gasteiger partial charge is 0.198 e. The number of para-hydroxylation sites is 1. The van der Waals surface area contributed by atoms with Gasteiger partial charge in [-0.3, -0.25) is 0 Å². The molecular formula is C18H14N4S. The first-order valence-electron chi connectivity index (χ1n) is 7.29. The van der Waals surface area contributed by atoms with Gasteiger partial charge in [0.25, 0.3) is 0 Å². The first-order chi connectivity index (χ1) is 11.3. The Morgan fingerprint density at radius 1 is 1.00 bits per heavy atom. The Morgan fingerprint density at radius 2 is 1.78 bits per heavy atom. The third-order valence-corrected chi connectivity index (χ3v) is 4.02. The average Bonchev–Trinajstić information content (AvgIpc) is 3.17. The topological polar surface area (TPSA) is 48.9 Å². The number of H-pyrrole nitrogens is 2. The van der Waals surface area contributed by atoms with Crippen molar-refractivity contribution < 1.29 is 0 Å². The normalized spacial score (nSPS) is 11.5. The summed E-state index contributed by atoms with van der Waals surface area (Å²) in [7, 11) is 0. The van der Waals surface area contributed by atoms with E-state index >= 15 is 0 Å². The van der Waals surface area contributed by atoms with Crippen LogP contribution in [0.4, 0.5) is 0 Å². The van der Waals surface area contributed by atoms with Gasteiger partial charge >= 0.3 is 0 Å². The van der Waals surface area contributed by atoms with E-state index in [9.17, 15) is 0 Å². The summed E-state index contributed by atoms with van der Waals surface area (Å²) in [6.07, 6.45) is 5.67. The fourth-order valence-electron chi connectivity index (χ4n) is 2.56. The molecule has 2 aromatic carbocycles. The number of imidazole rings is 1. The minimum atomic E-state index is 0.569. The Kier molecular flexibility index (Phi) is 3.40. The number of nitrogens with one attached hydrogen (secondary N) is 2. The van der Waals surface area contributed by atoms with E-state index in [1.165, 1.54) is 0 Å². The summed E-state index contributed by atoms with van der Waals surface area (Å²) in [6, 6.07) is 18.2. The van der Waals surface area contributed by atoms with Crippen molar-refractivity contribution in [2.75, 3.05) is 0 Å². The Balaban J connectivity index is 1.69. The molecule has 0 fully saturated rings. The molecule has 0 aliphatic heterocycles. The van der Waals surface area contributed by atoms with Crippen LogP contribution in [0.3, 0.4) is 0 Å². The van der Waals surface area contributed by atoms with Gasteiger partial charge in [-0.2, -0.15) is 5.10 Å². The molecule has 0 saturated carbocycles. The van der Waals surface area contributed by atoms with Crippen LogP contribution in [0.25, 0.3) is 22.2 Å². The fourth-order valence-corrected chi connectivity index (χ4v) is 2.77. The highest BCUT2D eigenvalue weighted by molar-refractivity contribution is 7.71. The predicted octanol–water partition coefficient (Wildman–Crippen LogP) is 4.58. The second-order valence-corrected chi connectivity index (χ2v) is 5.60. The number of hydrogen-bond donors (Lipinski definition) is 2. The molecule has 4 nitrogen and oxygen atoms in total.